The number of nitrogens with one attached hydrogen (secondary N) is 3. The summed E-state index contributed by atoms with van der Waals surface area (Å²) in [5.74, 6) is 0. The van der Waals surface area contributed by atoms with Crippen molar-refractivity contribution in [1.82, 2.24) is 16.0 Å². The van der Waals surface area contributed by atoms with Crippen molar-refractivity contribution < 1.29 is 13.3 Å². The van der Waals surface area contributed by atoms with Gasteiger partial charge in [0.25, 0.3) is 0 Å². The van der Waals surface area contributed by atoms with Gasteiger partial charge in [-0.25, -0.2) is 0 Å². The van der Waals surface area contributed by atoms with Gasteiger partial charge in [0, 0.05) is 37.9 Å². The average Bonchev–Trinajstić information content (AvgIpc) is 3.89. The van der Waals surface area contributed by atoms with Crippen LogP contribution in [-0.4, -0.2) is 0 Å². The number of hydrogen-bond donors (Lipinski definition) is 3. The van der Waals surface area contributed by atoms with Gasteiger partial charge in [0.15, 0.2) is 0 Å². The first-order valence-corrected chi connectivity index (χ1v) is 17.4. The zero-order chi connectivity index (χ0) is 33.5. The molecule has 10 aromatic rings. The fourth-order valence-electron chi connectivity index (χ4n) is 8.11. The molecule has 3 N–H and O–H groups in total. The van der Waals surface area contributed by atoms with E-state index >= 15 is 0 Å². The summed E-state index contributed by atoms with van der Waals surface area (Å²) in [6.07, 6.45) is -0.556. The number of para-hydroxylation sites is 3. The normalized spacial score (nSPS) is 18.2. The Bertz CT molecular complexity index is 2940. The van der Waals surface area contributed by atoms with Crippen molar-refractivity contribution in [3.8, 4) is 11.1 Å². The molecule has 0 aliphatic carbocycles. The lowest BCUT2D eigenvalue weighted by Gasteiger charge is -2.39. The van der Waals surface area contributed by atoms with Gasteiger partial charge in [-0.2, -0.15) is 0 Å². The number of rotatable bonds is 4. The molecule has 4 heterocycles. The number of fused-ring (bicyclic) bond motifs is 9. The zero-order valence-corrected chi connectivity index (χ0v) is 27.4. The third kappa shape index (κ3) is 4.48. The van der Waals surface area contributed by atoms with Crippen molar-refractivity contribution >= 4 is 65.8 Å². The molecule has 51 heavy (non-hydrogen) atoms. The van der Waals surface area contributed by atoms with Crippen molar-refractivity contribution in [3.63, 3.8) is 0 Å². The first-order chi connectivity index (χ1) is 25.3. The van der Waals surface area contributed by atoms with E-state index < -0.39 is 0 Å². The molecule has 1 aliphatic heterocycles. The Morgan fingerprint density at radius 1 is 0.373 bits per heavy atom. The quantitative estimate of drug-likeness (QED) is 0.174. The van der Waals surface area contributed by atoms with Gasteiger partial charge in [0.05, 0.1) is 18.5 Å². The lowest BCUT2D eigenvalue weighted by atomic mass is 9.98. The minimum atomic E-state index is -0.232. The minimum absolute atomic E-state index is 0.132. The highest BCUT2D eigenvalue weighted by Gasteiger charge is 2.33. The predicted molar refractivity (Wildman–Crippen MR) is 204 cm³/mol. The van der Waals surface area contributed by atoms with E-state index in [9.17, 15) is 0 Å². The summed E-state index contributed by atoms with van der Waals surface area (Å²) in [6.45, 7) is 0. The molecule has 0 bridgehead atoms. The van der Waals surface area contributed by atoms with Crippen LogP contribution in [0.3, 0.4) is 0 Å². The lowest BCUT2D eigenvalue weighted by molar-refractivity contribution is 0.204. The molecule has 1 saturated heterocycles. The van der Waals surface area contributed by atoms with E-state index in [1.807, 2.05) is 36.4 Å². The summed E-state index contributed by atoms with van der Waals surface area (Å²) < 4.78 is 19.3. The molecule has 0 amide bonds. The largest absolute Gasteiger partial charge is 0.456 e. The maximum atomic E-state index is 6.84. The van der Waals surface area contributed by atoms with Crippen LogP contribution in [0.15, 0.2) is 165 Å². The highest BCUT2D eigenvalue weighted by atomic mass is 16.3. The second-order valence-corrected chi connectivity index (χ2v) is 13.3. The average molecular weight is 662 g/mol. The molecule has 3 atom stereocenters. The van der Waals surface area contributed by atoms with Gasteiger partial charge in [-0.1, -0.05) is 115 Å². The van der Waals surface area contributed by atoms with E-state index in [1.54, 1.807) is 0 Å². The Morgan fingerprint density at radius 3 is 1.76 bits per heavy atom. The highest BCUT2D eigenvalue weighted by molar-refractivity contribution is 6.14. The third-order valence-corrected chi connectivity index (χ3v) is 10.4. The van der Waals surface area contributed by atoms with Crippen LogP contribution >= 0.6 is 0 Å². The summed E-state index contributed by atoms with van der Waals surface area (Å²) >= 11 is 0. The van der Waals surface area contributed by atoms with Gasteiger partial charge in [0.2, 0.25) is 0 Å². The molecule has 0 saturated carbocycles. The topological polar surface area (TPSA) is 75.5 Å². The third-order valence-electron chi connectivity index (χ3n) is 10.4. The molecule has 244 valence electrons. The standard InChI is InChI=1S/C45H31N3O3/c1-2-11-26(12-3-1)43-46-44(33-17-10-22-38-41(33)32-14-5-7-20-36(32)50-38)48-45(47-43)34-18-8-16-30-29-24-23-27(25-39(29)51-42(30)34)28-15-9-21-37-40(28)31-13-4-6-19-35(31)49-37/h1-25,43-48H. The number of hydrogen-bond acceptors (Lipinski definition) is 6. The molecule has 1 fully saturated rings. The predicted octanol–water partition coefficient (Wildman–Crippen LogP) is 11.2. The van der Waals surface area contributed by atoms with E-state index in [1.165, 1.54) is 0 Å². The smallest absolute Gasteiger partial charge is 0.141 e. The van der Waals surface area contributed by atoms with Crippen LogP contribution in [0, 0.1) is 0 Å². The summed E-state index contributed by atoms with van der Waals surface area (Å²) in [5, 5.41) is 18.2. The Hall–Kier alpha value is -6.18. The summed E-state index contributed by atoms with van der Waals surface area (Å²) in [5.41, 5.74) is 10.8. The number of furan rings is 3. The molecule has 3 aromatic heterocycles. The van der Waals surface area contributed by atoms with E-state index in [0.717, 1.165) is 93.6 Å². The number of benzene rings is 7. The van der Waals surface area contributed by atoms with Crippen LogP contribution in [-0.2, 0) is 0 Å². The van der Waals surface area contributed by atoms with Gasteiger partial charge in [-0.3, -0.25) is 16.0 Å². The van der Waals surface area contributed by atoms with Crippen LogP contribution in [0.25, 0.3) is 76.9 Å². The fourth-order valence-corrected chi connectivity index (χ4v) is 8.11. The lowest BCUT2D eigenvalue weighted by Crippen LogP contribution is -2.54. The van der Waals surface area contributed by atoms with Crippen molar-refractivity contribution in [2.24, 2.45) is 0 Å². The minimum Gasteiger partial charge on any atom is -0.456 e. The monoisotopic (exact) mass is 661 g/mol. The molecule has 11 rings (SSSR count). The van der Waals surface area contributed by atoms with Gasteiger partial charge >= 0.3 is 0 Å². The molecule has 6 nitrogen and oxygen atoms in total. The summed E-state index contributed by atoms with van der Waals surface area (Å²) in [7, 11) is 0. The Kier molecular flexibility index (Phi) is 6.27. The second kappa shape index (κ2) is 11.2. The van der Waals surface area contributed by atoms with E-state index in [-0.39, 0.29) is 18.5 Å². The maximum absolute atomic E-state index is 6.84. The summed E-state index contributed by atoms with van der Waals surface area (Å²) in [6, 6.07) is 52.6. The highest BCUT2D eigenvalue weighted by Crippen LogP contribution is 2.41. The van der Waals surface area contributed by atoms with E-state index in [0.29, 0.717) is 0 Å². The van der Waals surface area contributed by atoms with Crippen LogP contribution in [0.2, 0.25) is 0 Å². The molecule has 6 heteroatoms. The second-order valence-electron chi connectivity index (χ2n) is 13.3. The van der Waals surface area contributed by atoms with Gasteiger partial charge in [-0.05, 0) is 58.7 Å². The molecule has 3 unspecified atom stereocenters. The zero-order valence-electron chi connectivity index (χ0n) is 27.4. The Labute approximate surface area is 292 Å². The van der Waals surface area contributed by atoms with Crippen LogP contribution in [0.1, 0.15) is 35.2 Å². The van der Waals surface area contributed by atoms with Gasteiger partial charge in [-0.15, -0.1) is 0 Å². The van der Waals surface area contributed by atoms with Crippen molar-refractivity contribution in [2.45, 2.75) is 18.5 Å². The first-order valence-electron chi connectivity index (χ1n) is 17.4. The van der Waals surface area contributed by atoms with E-state index in [2.05, 4.69) is 131 Å². The van der Waals surface area contributed by atoms with Crippen molar-refractivity contribution in [2.75, 3.05) is 0 Å². The molecule has 1 aliphatic rings. The summed E-state index contributed by atoms with van der Waals surface area (Å²) in [4.78, 5) is 0. The van der Waals surface area contributed by atoms with Gasteiger partial charge in [0.1, 0.15) is 33.5 Å². The first kappa shape index (κ1) is 28.6. The van der Waals surface area contributed by atoms with Crippen molar-refractivity contribution in [3.05, 3.63) is 168 Å². The van der Waals surface area contributed by atoms with Crippen LogP contribution in [0.4, 0.5) is 0 Å². The van der Waals surface area contributed by atoms with Crippen molar-refractivity contribution in [1.29, 1.82) is 0 Å². The molecular formula is C45H31N3O3. The fraction of sp³-hybridized carbons (Fsp3) is 0.0667. The SMILES string of the molecule is c1ccc(C2NC(c3cccc4c3oc3cc(-c5cccc6oc7ccccc7c56)ccc34)NC(c3cccc4oc5ccccc5c34)N2)cc1. The molecule has 7 aromatic carbocycles. The molecule has 0 spiro atoms. The van der Waals surface area contributed by atoms with Gasteiger partial charge < -0.3 is 13.3 Å². The Balaban J connectivity index is 1.05. The van der Waals surface area contributed by atoms with E-state index in [4.69, 9.17) is 13.3 Å². The van der Waals surface area contributed by atoms with Crippen LogP contribution in [0.5, 0.6) is 0 Å². The maximum Gasteiger partial charge on any atom is 0.141 e. The molecule has 0 radical (unpaired) electrons. The van der Waals surface area contributed by atoms with Crippen LogP contribution < -0.4 is 16.0 Å². The Morgan fingerprint density at radius 2 is 0.961 bits per heavy atom. The molecular weight excluding hydrogens is 631 g/mol.